The molecule has 9 nitrogen and oxygen atoms in total. The topological polar surface area (TPSA) is 86.0 Å². The molecule has 1 aromatic heterocycles. The number of carbonyl (C=O) groups is 2. The molecular formula is C28H40N6O3. The Balaban J connectivity index is 1.04. The summed E-state index contributed by atoms with van der Waals surface area (Å²) in [6.45, 7) is 8.57. The molecule has 0 radical (unpaired) electrons. The van der Waals surface area contributed by atoms with E-state index in [-0.39, 0.29) is 11.8 Å². The Kier molecular flexibility index (Phi) is 8.84. The quantitative estimate of drug-likeness (QED) is 0.542. The lowest BCUT2D eigenvalue weighted by Crippen LogP contribution is -2.48. The fraction of sp³-hybridized carbons (Fsp3) is 0.643. The van der Waals surface area contributed by atoms with Crippen LogP contribution in [0.1, 0.15) is 72.6 Å². The maximum absolute atomic E-state index is 13.0. The minimum atomic E-state index is 0.101. The summed E-state index contributed by atoms with van der Waals surface area (Å²) in [6, 6.07) is 8.16. The number of aromatic nitrogens is 2. The molecule has 200 valence electrons. The maximum atomic E-state index is 13.0. The first kappa shape index (κ1) is 25.9. The molecule has 37 heavy (non-hydrogen) atoms. The minimum Gasteiger partial charge on any atom is -0.343 e. The highest BCUT2D eigenvalue weighted by Crippen LogP contribution is 2.16. The predicted octanol–water partition coefficient (Wildman–Crippen LogP) is 2.96. The number of rotatable bonds is 8. The van der Waals surface area contributed by atoms with E-state index >= 15 is 0 Å². The molecule has 0 spiro atoms. The number of piperidine rings is 2. The fourth-order valence-corrected chi connectivity index (χ4v) is 5.59. The lowest BCUT2D eigenvalue weighted by molar-refractivity contribution is -0.132. The van der Waals surface area contributed by atoms with E-state index in [1.54, 1.807) is 0 Å². The zero-order valence-corrected chi connectivity index (χ0v) is 21.9. The van der Waals surface area contributed by atoms with Crippen LogP contribution in [0.2, 0.25) is 0 Å². The zero-order valence-electron chi connectivity index (χ0n) is 21.9. The van der Waals surface area contributed by atoms with Gasteiger partial charge >= 0.3 is 0 Å². The van der Waals surface area contributed by atoms with Gasteiger partial charge in [0.2, 0.25) is 11.8 Å². The Bertz CT molecular complexity index is 1020. The smallest absolute Gasteiger partial charge is 0.253 e. The molecule has 9 heteroatoms. The summed E-state index contributed by atoms with van der Waals surface area (Å²) in [5.74, 6) is 1.45. The summed E-state index contributed by atoms with van der Waals surface area (Å²) >= 11 is 0. The summed E-state index contributed by atoms with van der Waals surface area (Å²) in [5.41, 5.74) is 2.04. The van der Waals surface area contributed by atoms with E-state index in [4.69, 9.17) is 4.52 Å². The molecule has 3 fully saturated rings. The number of aryl methyl sites for hydroxylation is 1. The monoisotopic (exact) mass is 508 g/mol. The Hall–Kier alpha value is -2.78. The maximum Gasteiger partial charge on any atom is 0.253 e. The van der Waals surface area contributed by atoms with Crippen molar-refractivity contribution in [2.45, 2.75) is 64.5 Å². The van der Waals surface area contributed by atoms with E-state index in [0.717, 1.165) is 51.1 Å². The van der Waals surface area contributed by atoms with Gasteiger partial charge in [-0.25, -0.2) is 0 Å². The van der Waals surface area contributed by atoms with Gasteiger partial charge in [-0.15, -0.1) is 0 Å². The summed E-state index contributed by atoms with van der Waals surface area (Å²) < 4.78 is 5.39. The number of benzene rings is 1. The van der Waals surface area contributed by atoms with E-state index < -0.39 is 0 Å². The van der Waals surface area contributed by atoms with Crippen LogP contribution < -0.4 is 0 Å². The summed E-state index contributed by atoms with van der Waals surface area (Å²) in [5, 5.41) is 4.12. The molecule has 2 aromatic rings. The second-order valence-corrected chi connectivity index (χ2v) is 10.6. The van der Waals surface area contributed by atoms with Crippen LogP contribution in [-0.4, -0.2) is 93.9 Å². The lowest BCUT2D eigenvalue weighted by Gasteiger charge is -2.34. The van der Waals surface area contributed by atoms with Crippen LogP contribution in [0.15, 0.2) is 28.8 Å². The number of hydrogen-bond acceptors (Lipinski definition) is 7. The molecule has 3 saturated heterocycles. The highest BCUT2D eigenvalue weighted by atomic mass is 16.5. The van der Waals surface area contributed by atoms with Crippen LogP contribution in [-0.2, 0) is 24.3 Å². The van der Waals surface area contributed by atoms with E-state index in [2.05, 4.69) is 32.1 Å². The van der Waals surface area contributed by atoms with Crippen LogP contribution in [0.25, 0.3) is 0 Å². The predicted molar refractivity (Wildman–Crippen MR) is 140 cm³/mol. The van der Waals surface area contributed by atoms with E-state index in [1.807, 2.05) is 21.9 Å². The molecule has 0 aliphatic carbocycles. The Morgan fingerprint density at radius 2 is 1.38 bits per heavy atom. The normalized spacial score (nSPS) is 19.8. The van der Waals surface area contributed by atoms with Crippen LogP contribution in [0.4, 0.5) is 0 Å². The Morgan fingerprint density at radius 3 is 2.08 bits per heavy atom. The molecular weight excluding hydrogens is 468 g/mol. The minimum absolute atomic E-state index is 0.101. The first-order chi connectivity index (χ1) is 18.1. The molecule has 2 amide bonds. The lowest BCUT2D eigenvalue weighted by atomic mass is 10.1. The van der Waals surface area contributed by atoms with Gasteiger partial charge in [-0.1, -0.05) is 23.7 Å². The molecule has 3 aliphatic heterocycles. The van der Waals surface area contributed by atoms with Crippen LogP contribution in [0.5, 0.6) is 0 Å². The van der Waals surface area contributed by atoms with E-state index in [0.29, 0.717) is 44.2 Å². The molecule has 5 rings (SSSR count). The highest BCUT2D eigenvalue weighted by molar-refractivity contribution is 5.94. The average molecular weight is 509 g/mol. The molecule has 0 saturated carbocycles. The average Bonchev–Trinajstić information content (AvgIpc) is 3.40. The number of carbonyl (C=O) groups excluding carboxylic acids is 2. The van der Waals surface area contributed by atoms with Gasteiger partial charge in [-0.3, -0.25) is 19.4 Å². The van der Waals surface area contributed by atoms with Gasteiger partial charge in [0, 0.05) is 64.2 Å². The molecule has 0 unspecified atom stereocenters. The third-order valence-electron chi connectivity index (χ3n) is 7.85. The van der Waals surface area contributed by atoms with Crippen LogP contribution in [0, 0.1) is 0 Å². The van der Waals surface area contributed by atoms with E-state index in [1.165, 1.54) is 44.3 Å². The summed E-state index contributed by atoms with van der Waals surface area (Å²) in [6.07, 6.45) is 8.23. The van der Waals surface area contributed by atoms with Crippen molar-refractivity contribution in [2.24, 2.45) is 0 Å². The second kappa shape index (κ2) is 12.6. The van der Waals surface area contributed by atoms with Gasteiger partial charge < -0.3 is 14.3 Å². The van der Waals surface area contributed by atoms with Crippen molar-refractivity contribution in [1.29, 1.82) is 0 Å². The molecule has 4 heterocycles. The van der Waals surface area contributed by atoms with E-state index in [9.17, 15) is 9.59 Å². The van der Waals surface area contributed by atoms with Gasteiger partial charge in [0.25, 0.3) is 5.91 Å². The van der Waals surface area contributed by atoms with Gasteiger partial charge in [0.05, 0.1) is 6.54 Å². The zero-order chi connectivity index (χ0) is 25.5. The molecule has 1 aromatic carbocycles. The van der Waals surface area contributed by atoms with Crippen molar-refractivity contribution in [3.63, 3.8) is 0 Å². The molecule has 0 atom stereocenters. The molecule has 0 N–H and O–H groups in total. The van der Waals surface area contributed by atoms with Crippen molar-refractivity contribution in [3.05, 3.63) is 47.1 Å². The van der Waals surface area contributed by atoms with Crippen molar-refractivity contribution in [2.75, 3.05) is 52.4 Å². The van der Waals surface area contributed by atoms with Crippen molar-refractivity contribution < 1.29 is 14.1 Å². The van der Waals surface area contributed by atoms with Crippen molar-refractivity contribution in [3.8, 4) is 0 Å². The van der Waals surface area contributed by atoms with Gasteiger partial charge in [-0.05, 0) is 62.9 Å². The Morgan fingerprint density at radius 1 is 0.730 bits per heavy atom. The third-order valence-corrected chi connectivity index (χ3v) is 7.85. The number of piperazine rings is 1. The molecule has 0 bridgehead atoms. The summed E-state index contributed by atoms with van der Waals surface area (Å²) in [4.78, 5) is 38.5. The third kappa shape index (κ3) is 7.17. The van der Waals surface area contributed by atoms with Gasteiger partial charge in [-0.2, -0.15) is 4.98 Å². The fourth-order valence-electron chi connectivity index (χ4n) is 5.59. The SMILES string of the molecule is O=C(CCc1nc(CN2CCN(C(=O)c3ccc(CN4CCCCC4)cc3)CC2)no1)N1CCCCC1. The first-order valence-corrected chi connectivity index (χ1v) is 14.1. The summed E-state index contributed by atoms with van der Waals surface area (Å²) in [7, 11) is 0. The Labute approximate surface area is 219 Å². The molecule has 3 aliphatic rings. The van der Waals surface area contributed by atoms with Gasteiger partial charge in [0.1, 0.15) is 0 Å². The number of likely N-dealkylation sites (tertiary alicyclic amines) is 2. The number of nitrogens with zero attached hydrogens (tertiary/aromatic N) is 6. The highest BCUT2D eigenvalue weighted by Gasteiger charge is 2.24. The van der Waals surface area contributed by atoms with Crippen LogP contribution >= 0.6 is 0 Å². The van der Waals surface area contributed by atoms with Crippen molar-refractivity contribution >= 4 is 11.8 Å². The van der Waals surface area contributed by atoms with Crippen molar-refractivity contribution in [1.82, 2.24) is 29.7 Å². The number of amides is 2. The van der Waals surface area contributed by atoms with Crippen LogP contribution in [0.3, 0.4) is 0 Å². The second-order valence-electron chi connectivity index (χ2n) is 10.6. The standard InChI is InChI=1S/C28H40N6O3/c35-27(33-15-5-2-6-16-33)12-11-26-29-25(30-37-26)22-32-17-19-34(20-18-32)28(36)24-9-7-23(8-10-24)21-31-13-3-1-4-14-31/h7-10H,1-6,11-22H2. The van der Waals surface area contributed by atoms with Gasteiger partial charge in [0.15, 0.2) is 5.82 Å². The first-order valence-electron chi connectivity index (χ1n) is 14.1. The largest absolute Gasteiger partial charge is 0.343 e. The number of hydrogen-bond donors (Lipinski definition) is 0.